The fraction of sp³-hybridized carbons (Fsp3) is 0.200. The first kappa shape index (κ1) is 15.3. The van der Waals surface area contributed by atoms with E-state index in [9.17, 15) is 0 Å². The Hall–Kier alpha value is -1.09. The lowest BCUT2D eigenvalue weighted by atomic mass is 10.2. The Labute approximate surface area is 133 Å². The molecular formula is C15H14Cl3NO. The van der Waals surface area contributed by atoms with Crippen LogP contribution in [0.25, 0.3) is 0 Å². The van der Waals surface area contributed by atoms with Gasteiger partial charge in [-0.15, -0.1) is 0 Å². The van der Waals surface area contributed by atoms with Gasteiger partial charge >= 0.3 is 0 Å². The summed E-state index contributed by atoms with van der Waals surface area (Å²) in [6.07, 6.45) is 0. The Balaban J connectivity index is 1.84. The molecule has 1 N–H and O–H groups in total. The molecule has 5 heteroatoms. The lowest BCUT2D eigenvalue weighted by molar-refractivity contribution is 0.330. The summed E-state index contributed by atoms with van der Waals surface area (Å²) in [4.78, 5) is 0. The zero-order valence-corrected chi connectivity index (χ0v) is 13.2. The summed E-state index contributed by atoms with van der Waals surface area (Å²) in [6, 6.07) is 10.9. The Bertz CT molecular complexity index is 581. The minimum absolute atomic E-state index is 0.534. The van der Waals surface area contributed by atoms with Crippen LogP contribution >= 0.6 is 34.8 Å². The molecule has 0 amide bonds. The fourth-order valence-electron chi connectivity index (χ4n) is 1.79. The second-order valence-electron chi connectivity index (χ2n) is 4.34. The van der Waals surface area contributed by atoms with Crippen LogP contribution in [-0.4, -0.2) is 13.2 Å². The summed E-state index contributed by atoms with van der Waals surface area (Å²) in [7, 11) is 0. The number of ether oxygens (including phenoxy) is 1. The number of nitrogens with one attached hydrogen (secondary N) is 1. The zero-order chi connectivity index (χ0) is 14.5. The SMILES string of the molecule is Cc1cc(Cl)ccc1OCCNc1cc(Cl)cc(Cl)c1. The number of anilines is 1. The summed E-state index contributed by atoms with van der Waals surface area (Å²) in [6.45, 7) is 3.15. The molecule has 0 aliphatic heterocycles. The smallest absolute Gasteiger partial charge is 0.122 e. The van der Waals surface area contributed by atoms with Gasteiger partial charge in [0.1, 0.15) is 12.4 Å². The predicted molar refractivity (Wildman–Crippen MR) is 86.6 cm³/mol. The first-order chi connectivity index (χ1) is 9.54. The van der Waals surface area contributed by atoms with Gasteiger partial charge in [-0.25, -0.2) is 0 Å². The van der Waals surface area contributed by atoms with Crippen LogP contribution < -0.4 is 10.1 Å². The van der Waals surface area contributed by atoms with E-state index in [1.165, 1.54) is 0 Å². The normalized spacial score (nSPS) is 10.4. The minimum Gasteiger partial charge on any atom is -0.491 e. The number of aryl methyl sites for hydroxylation is 1. The second-order valence-corrected chi connectivity index (χ2v) is 5.65. The molecule has 0 unspecified atom stereocenters. The zero-order valence-electron chi connectivity index (χ0n) is 10.9. The van der Waals surface area contributed by atoms with Crippen molar-refractivity contribution in [3.8, 4) is 5.75 Å². The van der Waals surface area contributed by atoms with E-state index in [0.717, 1.165) is 17.0 Å². The number of hydrogen-bond acceptors (Lipinski definition) is 2. The monoisotopic (exact) mass is 329 g/mol. The first-order valence-electron chi connectivity index (χ1n) is 6.13. The third-order valence-corrected chi connectivity index (χ3v) is 3.36. The molecule has 0 radical (unpaired) electrons. The molecule has 0 bridgehead atoms. The molecule has 20 heavy (non-hydrogen) atoms. The molecule has 2 rings (SSSR count). The number of hydrogen-bond donors (Lipinski definition) is 1. The highest BCUT2D eigenvalue weighted by Gasteiger charge is 2.01. The maximum absolute atomic E-state index is 5.93. The highest BCUT2D eigenvalue weighted by molar-refractivity contribution is 6.35. The van der Waals surface area contributed by atoms with E-state index in [1.54, 1.807) is 6.07 Å². The van der Waals surface area contributed by atoms with Crippen molar-refractivity contribution in [3.63, 3.8) is 0 Å². The quantitative estimate of drug-likeness (QED) is 0.736. The van der Waals surface area contributed by atoms with Gasteiger partial charge in [-0.1, -0.05) is 34.8 Å². The predicted octanol–water partition coefficient (Wildman–Crippen LogP) is 5.45. The maximum Gasteiger partial charge on any atom is 0.122 e. The molecule has 2 aromatic rings. The van der Waals surface area contributed by atoms with E-state index >= 15 is 0 Å². The summed E-state index contributed by atoms with van der Waals surface area (Å²) in [5.41, 5.74) is 1.89. The highest BCUT2D eigenvalue weighted by atomic mass is 35.5. The van der Waals surface area contributed by atoms with E-state index in [1.807, 2.05) is 37.3 Å². The van der Waals surface area contributed by atoms with Crippen LogP contribution in [0.3, 0.4) is 0 Å². The van der Waals surface area contributed by atoms with Crippen LogP contribution in [0.1, 0.15) is 5.56 Å². The molecule has 0 aliphatic rings. The van der Waals surface area contributed by atoms with E-state index in [4.69, 9.17) is 39.5 Å². The van der Waals surface area contributed by atoms with Crippen molar-refractivity contribution in [1.82, 2.24) is 0 Å². The third kappa shape index (κ3) is 4.48. The van der Waals surface area contributed by atoms with Gasteiger partial charge in [0.2, 0.25) is 0 Å². The molecule has 0 saturated carbocycles. The Morgan fingerprint density at radius 1 is 0.950 bits per heavy atom. The molecule has 0 spiro atoms. The van der Waals surface area contributed by atoms with Crippen molar-refractivity contribution in [2.45, 2.75) is 6.92 Å². The fourth-order valence-corrected chi connectivity index (χ4v) is 2.54. The maximum atomic E-state index is 5.93. The van der Waals surface area contributed by atoms with E-state index in [-0.39, 0.29) is 0 Å². The van der Waals surface area contributed by atoms with Crippen LogP contribution in [0.5, 0.6) is 5.75 Å². The lowest BCUT2D eigenvalue weighted by Crippen LogP contribution is -2.11. The molecule has 0 saturated heterocycles. The second kappa shape index (κ2) is 7.07. The number of benzene rings is 2. The first-order valence-corrected chi connectivity index (χ1v) is 7.27. The highest BCUT2D eigenvalue weighted by Crippen LogP contribution is 2.23. The average Bonchev–Trinajstić information content (AvgIpc) is 2.35. The molecule has 2 nitrogen and oxygen atoms in total. The van der Waals surface area contributed by atoms with Gasteiger partial charge in [0, 0.05) is 27.3 Å². The van der Waals surface area contributed by atoms with Crippen molar-refractivity contribution in [2.24, 2.45) is 0 Å². The summed E-state index contributed by atoms with van der Waals surface area (Å²) in [5, 5.41) is 5.13. The summed E-state index contributed by atoms with van der Waals surface area (Å²) < 4.78 is 5.69. The van der Waals surface area contributed by atoms with Gasteiger partial charge in [-0.2, -0.15) is 0 Å². The average molecular weight is 331 g/mol. The van der Waals surface area contributed by atoms with Crippen LogP contribution in [0.4, 0.5) is 5.69 Å². The van der Waals surface area contributed by atoms with Gasteiger partial charge in [-0.05, 0) is 48.9 Å². The number of rotatable bonds is 5. The summed E-state index contributed by atoms with van der Waals surface area (Å²) in [5.74, 6) is 0.834. The van der Waals surface area contributed by atoms with Crippen LogP contribution in [0, 0.1) is 6.92 Å². The van der Waals surface area contributed by atoms with Crippen molar-refractivity contribution >= 4 is 40.5 Å². The van der Waals surface area contributed by atoms with Crippen LogP contribution in [-0.2, 0) is 0 Å². The van der Waals surface area contributed by atoms with Gasteiger partial charge in [0.25, 0.3) is 0 Å². The van der Waals surface area contributed by atoms with Crippen molar-refractivity contribution in [3.05, 3.63) is 57.0 Å². The van der Waals surface area contributed by atoms with E-state index in [2.05, 4.69) is 5.32 Å². The Kier molecular flexibility index (Phi) is 5.41. The number of halogens is 3. The Morgan fingerprint density at radius 2 is 1.65 bits per heavy atom. The van der Waals surface area contributed by atoms with Gasteiger partial charge < -0.3 is 10.1 Å². The molecule has 0 aliphatic carbocycles. The van der Waals surface area contributed by atoms with Crippen LogP contribution in [0.2, 0.25) is 15.1 Å². The molecule has 106 valence electrons. The van der Waals surface area contributed by atoms with Crippen molar-refractivity contribution < 1.29 is 4.74 Å². The molecule has 2 aromatic carbocycles. The molecule has 0 aromatic heterocycles. The standard InChI is InChI=1S/C15H14Cl3NO/c1-10-6-11(16)2-3-15(10)20-5-4-19-14-8-12(17)7-13(18)9-14/h2-3,6-9,19H,4-5H2,1H3. The van der Waals surface area contributed by atoms with Crippen LogP contribution in [0.15, 0.2) is 36.4 Å². The van der Waals surface area contributed by atoms with Gasteiger partial charge in [0.05, 0.1) is 0 Å². The molecule has 0 heterocycles. The van der Waals surface area contributed by atoms with Gasteiger partial charge in [-0.3, -0.25) is 0 Å². The molecule has 0 atom stereocenters. The largest absolute Gasteiger partial charge is 0.491 e. The topological polar surface area (TPSA) is 21.3 Å². The third-order valence-electron chi connectivity index (χ3n) is 2.69. The lowest BCUT2D eigenvalue weighted by Gasteiger charge is -2.11. The molecule has 0 fully saturated rings. The van der Waals surface area contributed by atoms with Crippen molar-refractivity contribution in [1.29, 1.82) is 0 Å². The minimum atomic E-state index is 0.534. The van der Waals surface area contributed by atoms with E-state index < -0.39 is 0 Å². The van der Waals surface area contributed by atoms with Gasteiger partial charge in [0.15, 0.2) is 0 Å². The van der Waals surface area contributed by atoms with E-state index in [0.29, 0.717) is 28.2 Å². The molecular weight excluding hydrogens is 317 g/mol. The van der Waals surface area contributed by atoms with Crippen molar-refractivity contribution in [2.75, 3.05) is 18.5 Å². The Morgan fingerprint density at radius 3 is 2.30 bits per heavy atom. The summed E-state index contributed by atoms with van der Waals surface area (Å²) >= 11 is 17.7.